The molecule has 1 aliphatic heterocycles. The van der Waals surface area contributed by atoms with E-state index < -0.39 is 0 Å². The Morgan fingerprint density at radius 3 is 2.90 bits per heavy atom. The molecule has 1 saturated heterocycles. The summed E-state index contributed by atoms with van der Waals surface area (Å²) in [6.07, 6.45) is 3.14. The van der Waals surface area contributed by atoms with Crippen molar-refractivity contribution in [2.45, 2.75) is 31.7 Å². The van der Waals surface area contributed by atoms with Crippen LogP contribution in [0.1, 0.15) is 36.6 Å². The molecule has 0 bridgehead atoms. The summed E-state index contributed by atoms with van der Waals surface area (Å²) in [6, 6.07) is 13.8. The van der Waals surface area contributed by atoms with Gasteiger partial charge in [0.1, 0.15) is 17.1 Å². The molecular formula is C21H23N5O2S. The Hall–Kier alpha value is -3.00. The molecule has 7 nitrogen and oxygen atoms in total. The average Bonchev–Trinajstić information content (AvgIpc) is 3.45. The van der Waals surface area contributed by atoms with Crippen molar-refractivity contribution in [3.05, 3.63) is 59.2 Å². The van der Waals surface area contributed by atoms with E-state index in [-0.39, 0.29) is 11.9 Å². The summed E-state index contributed by atoms with van der Waals surface area (Å²) in [5.74, 6) is 1.72. The van der Waals surface area contributed by atoms with E-state index >= 15 is 0 Å². The second-order valence-electron chi connectivity index (χ2n) is 6.91. The Bertz CT molecular complexity index is 946. The predicted molar refractivity (Wildman–Crippen MR) is 112 cm³/mol. The molecule has 1 atom stereocenters. The van der Waals surface area contributed by atoms with Gasteiger partial charge in [0.15, 0.2) is 0 Å². The van der Waals surface area contributed by atoms with E-state index in [0.717, 1.165) is 48.6 Å². The van der Waals surface area contributed by atoms with Gasteiger partial charge in [0.25, 0.3) is 0 Å². The summed E-state index contributed by atoms with van der Waals surface area (Å²) in [4.78, 5) is 19.6. The highest BCUT2D eigenvalue weighted by molar-refractivity contribution is 7.13. The van der Waals surface area contributed by atoms with E-state index in [2.05, 4.69) is 15.5 Å². The molecule has 1 amide bonds. The smallest absolute Gasteiger partial charge is 0.223 e. The first kappa shape index (κ1) is 19.3. The average molecular weight is 410 g/mol. The predicted octanol–water partition coefficient (Wildman–Crippen LogP) is 3.98. The molecule has 0 unspecified atom stereocenters. The first-order valence-corrected chi connectivity index (χ1v) is 10.5. The molecule has 3 aromatic rings. The van der Waals surface area contributed by atoms with Gasteiger partial charge in [-0.3, -0.25) is 4.79 Å². The number of amides is 1. The third-order valence-electron chi connectivity index (χ3n) is 5.07. The number of carbonyl (C=O) groups excluding carboxylic acids is 1. The summed E-state index contributed by atoms with van der Waals surface area (Å²) in [5.41, 5.74) is 3.72. The van der Waals surface area contributed by atoms with Crippen molar-refractivity contribution in [1.29, 1.82) is 0 Å². The molecule has 1 aromatic carbocycles. The lowest BCUT2D eigenvalue weighted by Crippen LogP contribution is -2.31. The number of anilines is 2. The fourth-order valence-corrected chi connectivity index (χ4v) is 4.06. The number of carbonyl (C=O) groups is 1. The summed E-state index contributed by atoms with van der Waals surface area (Å²) in [5, 5.41) is 11.7. The van der Waals surface area contributed by atoms with Crippen LogP contribution in [0.3, 0.4) is 0 Å². The third-order valence-corrected chi connectivity index (χ3v) is 5.67. The van der Waals surface area contributed by atoms with Gasteiger partial charge in [0.05, 0.1) is 18.8 Å². The van der Waals surface area contributed by atoms with Crippen LogP contribution in [-0.4, -0.2) is 39.6 Å². The van der Waals surface area contributed by atoms with Crippen molar-refractivity contribution in [2.24, 2.45) is 0 Å². The molecule has 150 valence electrons. The van der Waals surface area contributed by atoms with Gasteiger partial charge in [0, 0.05) is 13.0 Å². The molecule has 0 spiro atoms. The number of benzene rings is 1. The minimum Gasteiger partial charge on any atom is -0.497 e. The van der Waals surface area contributed by atoms with E-state index in [0.29, 0.717) is 11.6 Å². The molecule has 1 N–H and O–H groups in total. The minimum atomic E-state index is 0.0227. The Balaban J connectivity index is 1.40. The van der Waals surface area contributed by atoms with E-state index in [4.69, 9.17) is 9.72 Å². The molecule has 0 radical (unpaired) electrons. The Morgan fingerprint density at radius 2 is 2.14 bits per heavy atom. The number of nitrogens with one attached hydrogen (secondary N) is 1. The maximum absolute atomic E-state index is 12.9. The van der Waals surface area contributed by atoms with Crippen molar-refractivity contribution < 1.29 is 9.53 Å². The summed E-state index contributed by atoms with van der Waals surface area (Å²) >= 11 is 1.42. The zero-order chi connectivity index (χ0) is 20.1. The Kier molecular flexibility index (Phi) is 6.00. The molecule has 1 aliphatic rings. The summed E-state index contributed by atoms with van der Waals surface area (Å²) < 4.78 is 5.19. The van der Waals surface area contributed by atoms with Gasteiger partial charge >= 0.3 is 0 Å². The van der Waals surface area contributed by atoms with Gasteiger partial charge in [-0.1, -0.05) is 29.5 Å². The van der Waals surface area contributed by atoms with E-state index in [9.17, 15) is 4.79 Å². The number of ether oxygens (including phenoxy) is 1. The number of aromatic nitrogens is 3. The molecule has 4 rings (SSSR count). The second-order valence-corrected chi connectivity index (χ2v) is 7.74. The SMILES string of the molecule is COc1ccc(CCC(=O)N2CCC[C@@H]2c2cccc(Nc3nncs3)n2)cc1. The highest BCUT2D eigenvalue weighted by Gasteiger charge is 2.30. The van der Waals surface area contributed by atoms with Gasteiger partial charge in [-0.2, -0.15) is 0 Å². The number of hydrogen-bond acceptors (Lipinski definition) is 7. The highest BCUT2D eigenvalue weighted by atomic mass is 32.1. The number of rotatable bonds is 7. The lowest BCUT2D eigenvalue weighted by Gasteiger charge is -2.25. The number of aryl methyl sites for hydroxylation is 1. The standard InChI is InChI=1S/C21H23N5O2S/c1-28-16-10-7-15(8-11-16)9-12-20(27)26-13-3-5-18(26)17-4-2-6-19(23-17)24-21-25-22-14-29-21/h2,4,6-8,10-11,14,18H,3,5,9,12-13H2,1H3,(H,23,24,25)/t18-/m1/s1. The number of likely N-dealkylation sites (tertiary alicyclic amines) is 1. The van der Waals surface area contributed by atoms with Crippen LogP contribution in [0.15, 0.2) is 48.0 Å². The molecule has 29 heavy (non-hydrogen) atoms. The minimum absolute atomic E-state index is 0.0227. The number of pyridine rings is 1. The first-order chi connectivity index (χ1) is 14.2. The fourth-order valence-electron chi connectivity index (χ4n) is 3.60. The highest BCUT2D eigenvalue weighted by Crippen LogP contribution is 2.32. The molecule has 0 saturated carbocycles. The zero-order valence-corrected chi connectivity index (χ0v) is 17.1. The van der Waals surface area contributed by atoms with Crippen LogP contribution in [0.5, 0.6) is 5.75 Å². The van der Waals surface area contributed by atoms with Crippen LogP contribution in [-0.2, 0) is 11.2 Å². The lowest BCUT2D eigenvalue weighted by atomic mass is 10.1. The van der Waals surface area contributed by atoms with E-state index in [1.54, 1.807) is 12.6 Å². The number of methoxy groups -OCH3 is 1. The third kappa shape index (κ3) is 4.71. The normalized spacial score (nSPS) is 16.0. The van der Waals surface area contributed by atoms with Crippen LogP contribution in [0.4, 0.5) is 10.9 Å². The Morgan fingerprint density at radius 1 is 1.28 bits per heavy atom. The van der Waals surface area contributed by atoms with Crippen molar-refractivity contribution in [3.63, 3.8) is 0 Å². The van der Waals surface area contributed by atoms with Crippen molar-refractivity contribution in [2.75, 3.05) is 19.0 Å². The quantitative estimate of drug-likeness (QED) is 0.636. The zero-order valence-electron chi connectivity index (χ0n) is 16.2. The second kappa shape index (κ2) is 9.00. The van der Waals surface area contributed by atoms with Crippen LogP contribution in [0.25, 0.3) is 0 Å². The van der Waals surface area contributed by atoms with Crippen molar-refractivity contribution >= 4 is 28.2 Å². The molecule has 3 heterocycles. The van der Waals surface area contributed by atoms with Crippen LogP contribution < -0.4 is 10.1 Å². The fraction of sp³-hybridized carbons (Fsp3) is 0.333. The van der Waals surface area contributed by atoms with Gasteiger partial charge in [-0.25, -0.2) is 4.98 Å². The van der Waals surface area contributed by atoms with E-state index in [1.807, 2.05) is 47.4 Å². The van der Waals surface area contributed by atoms with Gasteiger partial charge in [0.2, 0.25) is 11.0 Å². The maximum atomic E-state index is 12.9. The molecule has 8 heteroatoms. The van der Waals surface area contributed by atoms with Crippen LogP contribution in [0.2, 0.25) is 0 Å². The topological polar surface area (TPSA) is 80.2 Å². The maximum Gasteiger partial charge on any atom is 0.223 e. The van der Waals surface area contributed by atoms with Gasteiger partial charge in [-0.15, -0.1) is 10.2 Å². The van der Waals surface area contributed by atoms with Crippen molar-refractivity contribution in [3.8, 4) is 5.75 Å². The summed E-state index contributed by atoms with van der Waals surface area (Å²) in [6.45, 7) is 0.780. The monoisotopic (exact) mass is 409 g/mol. The summed E-state index contributed by atoms with van der Waals surface area (Å²) in [7, 11) is 1.65. The van der Waals surface area contributed by atoms with Gasteiger partial charge in [-0.05, 0) is 49.1 Å². The largest absolute Gasteiger partial charge is 0.497 e. The Labute approximate surface area is 173 Å². The molecule has 1 fully saturated rings. The van der Waals surface area contributed by atoms with E-state index in [1.165, 1.54) is 11.3 Å². The number of hydrogen-bond donors (Lipinski definition) is 1. The van der Waals surface area contributed by atoms with Crippen LogP contribution >= 0.6 is 11.3 Å². The van der Waals surface area contributed by atoms with Crippen LogP contribution in [0, 0.1) is 0 Å². The number of nitrogens with zero attached hydrogens (tertiary/aromatic N) is 4. The lowest BCUT2D eigenvalue weighted by molar-refractivity contribution is -0.132. The molecular weight excluding hydrogens is 386 g/mol. The first-order valence-electron chi connectivity index (χ1n) is 9.65. The van der Waals surface area contributed by atoms with Gasteiger partial charge < -0.3 is 15.0 Å². The molecule has 0 aliphatic carbocycles. The molecule has 2 aromatic heterocycles. The van der Waals surface area contributed by atoms with Crippen molar-refractivity contribution in [1.82, 2.24) is 20.1 Å².